The predicted octanol–water partition coefficient (Wildman–Crippen LogP) is 2.88. The zero-order valence-corrected chi connectivity index (χ0v) is 15.9. The maximum atomic E-state index is 13.2. The fourth-order valence-electron chi connectivity index (χ4n) is 5.19. The van der Waals surface area contributed by atoms with Crippen LogP contribution in [0.1, 0.15) is 51.9 Å². The fraction of sp³-hybridized carbons (Fsp3) is 0.750. The van der Waals surface area contributed by atoms with Crippen LogP contribution in [-0.4, -0.2) is 53.1 Å². The molecule has 3 fully saturated rings. The summed E-state index contributed by atoms with van der Waals surface area (Å²) < 4.78 is 5.42. The molecule has 4 rings (SSSR count). The number of ether oxygens (including phenoxy) is 1. The molecule has 2 saturated heterocycles. The van der Waals surface area contributed by atoms with Crippen molar-refractivity contribution < 1.29 is 9.53 Å². The minimum Gasteiger partial charge on any atom is -0.491 e. The first-order chi connectivity index (χ1) is 12.7. The molecule has 2 bridgehead atoms. The molecule has 26 heavy (non-hydrogen) atoms. The van der Waals surface area contributed by atoms with Crippen LogP contribution in [-0.2, 0) is 4.79 Å². The lowest BCUT2D eigenvalue weighted by Gasteiger charge is -2.37. The number of methoxy groups -OCH3 is 1. The SMILES string of the molecule is CCC(CC1CCCC1)C(=O)N1C[C@@H]2C[C@H]1CN2c1ncncc1OC. The Hall–Kier alpha value is -1.85. The first kappa shape index (κ1) is 17.6. The van der Waals surface area contributed by atoms with Crippen LogP contribution in [0.2, 0.25) is 0 Å². The summed E-state index contributed by atoms with van der Waals surface area (Å²) in [5.41, 5.74) is 0. The number of anilines is 1. The molecule has 0 aromatic carbocycles. The molecule has 142 valence electrons. The lowest BCUT2D eigenvalue weighted by atomic mass is 9.90. The van der Waals surface area contributed by atoms with Crippen LogP contribution >= 0.6 is 0 Å². The minimum absolute atomic E-state index is 0.208. The Balaban J connectivity index is 1.42. The third-order valence-electron chi connectivity index (χ3n) is 6.61. The van der Waals surface area contributed by atoms with E-state index in [4.69, 9.17) is 4.74 Å². The number of carbonyl (C=O) groups is 1. The van der Waals surface area contributed by atoms with E-state index in [0.717, 1.165) is 44.1 Å². The van der Waals surface area contributed by atoms with E-state index in [2.05, 4.69) is 26.7 Å². The van der Waals surface area contributed by atoms with Crippen LogP contribution < -0.4 is 9.64 Å². The van der Waals surface area contributed by atoms with E-state index < -0.39 is 0 Å². The van der Waals surface area contributed by atoms with Gasteiger partial charge in [-0.25, -0.2) is 9.97 Å². The third-order valence-corrected chi connectivity index (χ3v) is 6.61. The van der Waals surface area contributed by atoms with Gasteiger partial charge in [-0.05, 0) is 25.2 Å². The van der Waals surface area contributed by atoms with E-state index in [1.54, 1.807) is 19.6 Å². The largest absolute Gasteiger partial charge is 0.491 e. The molecule has 1 aliphatic carbocycles. The van der Waals surface area contributed by atoms with Gasteiger partial charge in [-0.15, -0.1) is 0 Å². The minimum atomic E-state index is 0.208. The summed E-state index contributed by atoms with van der Waals surface area (Å²) in [7, 11) is 1.65. The second kappa shape index (κ2) is 7.41. The summed E-state index contributed by atoms with van der Waals surface area (Å²) in [4.78, 5) is 26.1. The standard InChI is InChI=1S/C20H30N4O2/c1-3-15(8-14-6-4-5-7-14)20(25)24-12-16-9-17(24)11-23(16)19-18(26-2)10-21-13-22-19/h10,13-17H,3-9,11-12H2,1-2H3/t15?,16-,17-/m0/s1. The molecule has 0 spiro atoms. The highest BCUT2D eigenvalue weighted by Crippen LogP contribution is 2.39. The Morgan fingerprint density at radius 2 is 2.12 bits per heavy atom. The number of hydrogen-bond acceptors (Lipinski definition) is 5. The molecular formula is C20H30N4O2. The second-order valence-corrected chi connectivity index (χ2v) is 8.09. The molecule has 1 amide bonds. The van der Waals surface area contributed by atoms with Gasteiger partial charge in [-0.3, -0.25) is 4.79 Å². The monoisotopic (exact) mass is 358 g/mol. The van der Waals surface area contributed by atoms with Crippen molar-refractivity contribution in [1.82, 2.24) is 14.9 Å². The van der Waals surface area contributed by atoms with Gasteiger partial charge in [0, 0.05) is 19.0 Å². The van der Waals surface area contributed by atoms with Crippen molar-refractivity contribution in [2.45, 2.75) is 64.0 Å². The molecule has 3 heterocycles. The maximum Gasteiger partial charge on any atom is 0.226 e. The van der Waals surface area contributed by atoms with E-state index in [-0.39, 0.29) is 5.92 Å². The smallest absolute Gasteiger partial charge is 0.226 e. The molecular weight excluding hydrogens is 328 g/mol. The Labute approximate surface area is 155 Å². The van der Waals surface area contributed by atoms with Crippen molar-refractivity contribution in [2.75, 3.05) is 25.1 Å². The first-order valence-electron chi connectivity index (χ1n) is 10.1. The summed E-state index contributed by atoms with van der Waals surface area (Å²) in [6.45, 7) is 3.84. The highest BCUT2D eigenvalue weighted by atomic mass is 16.5. The van der Waals surface area contributed by atoms with Crippen molar-refractivity contribution in [3.63, 3.8) is 0 Å². The molecule has 1 aromatic rings. The molecule has 1 aromatic heterocycles. The van der Waals surface area contributed by atoms with E-state index in [1.807, 2.05) is 0 Å². The number of hydrogen-bond donors (Lipinski definition) is 0. The Kier molecular flexibility index (Phi) is 5.00. The average Bonchev–Trinajstić information content (AvgIpc) is 3.42. The molecule has 0 radical (unpaired) electrons. The molecule has 6 heteroatoms. The third kappa shape index (κ3) is 3.14. The molecule has 0 N–H and O–H groups in total. The number of carbonyl (C=O) groups excluding carboxylic acids is 1. The molecule has 2 aliphatic heterocycles. The molecule has 1 saturated carbocycles. The van der Waals surface area contributed by atoms with Gasteiger partial charge in [0.05, 0.1) is 25.4 Å². The summed E-state index contributed by atoms with van der Waals surface area (Å²) in [6.07, 6.45) is 11.7. The number of rotatable bonds is 6. The summed E-state index contributed by atoms with van der Waals surface area (Å²) in [5, 5.41) is 0. The van der Waals surface area contributed by atoms with E-state index >= 15 is 0 Å². The van der Waals surface area contributed by atoms with E-state index in [0.29, 0.717) is 23.7 Å². The maximum absolute atomic E-state index is 13.2. The Morgan fingerprint density at radius 3 is 2.77 bits per heavy atom. The van der Waals surface area contributed by atoms with Gasteiger partial charge in [0.1, 0.15) is 6.33 Å². The number of fused-ring (bicyclic) bond motifs is 2. The lowest BCUT2D eigenvalue weighted by molar-refractivity contribution is -0.137. The predicted molar refractivity (Wildman–Crippen MR) is 100 cm³/mol. The molecule has 1 unspecified atom stereocenters. The van der Waals surface area contributed by atoms with Gasteiger partial charge < -0.3 is 14.5 Å². The quantitative estimate of drug-likeness (QED) is 0.783. The normalized spacial score (nSPS) is 26.5. The zero-order valence-electron chi connectivity index (χ0n) is 15.9. The summed E-state index contributed by atoms with van der Waals surface area (Å²) >= 11 is 0. The highest BCUT2D eigenvalue weighted by molar-refractivity contribution is 5.80. The van der Waals surface area contributed by atoms with Crippen LogP contribution in [0.3, 0.4) is 0 Å². The van der Waals surface area contributed by atoms with Gasteiger partial charge in [-0.2, -0.15) is 0 Å². The van der Waals surface area contributed by atoms with Gasteiger partial charge in [0.25, 0.3) is 0 Å². The van der Waals surface area contributed by atoms with Crippen molar-refractivity contribution >= 4 is 11.7 Å². The number of nitrogens with zero attached hydrogens (tertiary/aromatic N) is 4. The van der Waals surface area contributed by atoms with E-state index in [1.165, 1.54) is 25.7 Å². The lowest BCUT2D eigenvalue weighted by Crippen LogP contribution is -2.50. The molecule has 3 aliphatic rings. The Bertz CT molecular complexity index is 646. The fourth-order valence-corrected chi connectivity index (χ4v) is 5.19. The summed E-state index contributed by atoms with van der Waals surface area (Å²) in [5.74, 6) is 2.94. The van der Waals surface area contributed by atoms with Gasteiger partial charge in [-0.1, -0.05) is 32.6 Å². The number of aromatic nitrogens is 2. The van der Waals surface area contributed by atoms with E-state index in [9.17, 15) is 4.79 Å². The van der Waals surface area contributed by atoms with Gasteiger partial charge in [0.2, 0.25) is 5.91 Å². The van der Waals surface area contributed by atoms with Gasteiger partial charge >= 0.3 is 0 Å². The van der Waals surface area contributed by atoms with Crippen molar-refractivity contribution in [1.29, 1.82) is 0 Å². The number of likely N-dealkylation sites (tertiary alicyclic amines) is 1. The van der Waals surface area contributed by atoms with Crippen LogP contribution in [0, 0.1) is 11.8 Å². The first-order valence-corrected chi connectivity index (χ1v) is 10.1. The molecule has 3 atom stereocenters. The topological polar surface area (TPSA) is 58.6 Å². The van der Waals surface area contributed by atoms with Crippen molar-refractivity contribution in [3.8, 4) is 5.75 Å². The van der Waals surface area contributed by atoms with Crippen LogP contribution in [0.5, 0.6) is 5.75 Å². The second-order valence-electron chi connectivity index (χ2n) is 8.09. The van der Waals surface area contributed by atoms with Crippen LogP contribution in [0.4, 0.5) is 5.82 Å². The van der Waals surface area contributed by atoms with Gasteiger partial charge in [0.15, 0.2) is 11.6 Å². The highest BCUT2D eigenvalue weighted by Gasteiger charge is 2.47. The summed E-state index contributed by atoms with van der Waals surface area (Å²) in [6, 6.07) is 0.654. The Morgan fingerprint density at radius 1 is 1.31 bits per heavy atom. The number of piperazine rings is 1. The molecule has 6 nitrogen and oxygen atoms in total. The van der Waals surface area contributed by atoms with Crippen molar-refractivity contribution in [3.05, 3.63) is 12.5 Å². The van der Waals surface area contributed by atoms with Crippen molar-refractivity contribution in [2.24, 2.45) is 11.8 Å². The number of amides is 1. The zero-order chi connectivity index (χ0) is 18.1. The van der Waals surface area contributed by atoms with Crippen LogP contribution in [0.25, 0.3) is 0 Å². The average molecular weight is 358 g/mol. The van der Waals surface area contributed by atoms with Crippen LogP contribution in [0.15, 0.2) is 12.5 Å².